The third kappa shape index (κ3) is 3.18. The topological polar surface area (TPSA) is 86.2 Å². The molecule has 28 heavy (non-hydrogen) atoms. The summed E-state index contributed by atoms with van der Waals surface area (Å²) in [5.41, 5.74) is 2.28. The van der Waals surface area contributed by atoms with Gasteiger partial charge in [0.05, 0.1) is 20.3 Å². The Balaban J connectivity index is 1.95. The molecule has 0 spiro atoms. The van der Waals surface area contributed by atoms with Gasteiger partial charge in [-0.3, -0.25) is 0 Å². The normalized spacial score (nSPS) is 14.5. The largest absolute Gasteiger partial charge is 0.463 e. The van der Waals surface area contributed by atoms with Crippen molar-refractivity contribution >= 4 is 23.0 Å². The van der Waals surface area contributed by atoms with Crippen molar-refractivity contribution in [1.82, 2.24) is 19.5 Å². The molecule has 0 unspecified atom stereocenters. The smallest absolute Gasteiger partial charge is 0.376 e. The Bertz CT molecular complexity index is 1010. The number of aryl methyl sites for hydroxylation is 2. The SMILES string of the molecule is CCn1c(-c2cc[n+](C)cc2)nc2c(N3CCOCC3)nc(C(=O)OC)nc21. The Morgan fingerprint density at radius 1 is 1.21 bits per heavy atom. The van der Waals surface area contributed by atoms with Crippen LogP contribution < -0.4 is 9.47 Å². The van der Waals surface area contributed by atoms with Gasteiger partial charge >= 0.3 is 5.97 Å². The Hall–Kier alpha value is -3.07. The number of hydrogen-bond donors (Lipinski definition) is 0. The molecule has 1 aliphatic rings. The summed E-state index contributed by atoms with van der Waals surface area (Å²) in [5.74, 6) is 0.915. The fourth-order valence-electron chi connectivity index (χ4n) is 3.33. The van der Waals surface area contributed by atoms with Crippen LogP contribution in [0.1, 0.15) is 17.5 Å². The van der Waals surface area contributed by atoms with Crippen molar-refractivity contribution in [2.24, 2.45) is 7.05 Å². The van der Waals surface area contributed by atoms with E-state index in [9.17, 15) is 4.79 Å². The van der Waals surface area contributed by atoms with E-state index in [2.05, 4.69) is 14.9 Å². The first kappa shape index (κ1) is 18.3. The first-order chi connectivity index (χ1) is 13.6. The summed E-state index contributed by atoms with van der Waals surface area (Å²) in [6, 6.07) is 4.02. The van der Waals surface area contributed by atoms with E-state index in [4.69, 9.17) is 14.5 Å². The third-order valence-corrected chi connectivity index (χ3v) is 4.81. The second-order valence-corrected chi connectivity index (χ2v) is 6.57. The van der Waals surface area contributed by atoms with Crippen molar-refractivity contribution < 1.29 is 18.8 Å². The van der Waals surface area contributed by atoms with Gasteiger partial charge in [0.2, 0.25) is 5.82 Å². The summed E-state index contributed by atoms with van der Waals surface area (Å²) in [4.78, 5) is 28.1. The van der Waals surface area contributed by atoms with Gasteiger partial charge in [-0.05, 0) is 6.92 Å². The zero-order valence-electron chi connectivity index (χ0n) is 16.3. The van der Waals surface area contributed by atoms with Crippen molar-refractivity contribution in [3.8, 4) is 11.4 Å². The van der Waals surface area contributed by atoms with Crippen molar-refractivity contribution in [1.29, 1.82) is 0 Å². The second kappa shape index (κ2) is 7.51. The predicted octanol–water partition coefficient (Wildman–Crippen LogP) is 0.961. The van der Waals surface area contributed by atoms with Crippen molar-refractivity contribution in [3.05, 3.63) is 30.4 Å². The number of methoxy groups -OCH3 is 1. The van der Waals surface area contributed by atoms with Crippen LogP contribution in [0, 0.1) is 0 Å². The summed E-state index contributed by atoms with van der Waals surface area (Å²) in [6.07, 6.45) is 3.95. The number of hydrogen-bond acceptors (Lipinski definition) is 7. The number of fused-ring (bicyclic) bond motifs is 1. The van der Waals surface area contributed by atoms with E-state index in [-0.39, 0.29) is 5.82 Å². The summed E-state index contributed by atoms with van der Waals surface area (Å²) < 4.78 is 14.3. The number of aromatic nitrogens is 5. The number of esters is 1. The van der Waals surface area contributed by atoms with E-state index in [1.807, 2.05) is 47.6 Å². The van der Waals surface area contributed by atoms with Gasteiger partial charge in [0.25, 0.3) is 0 Å². The van der Waals surface area contributed by atoms with E-state index >= 15 is 0 Å². The van der Waals surface area contributed by atoms with Crippen LogP contribution >= 0.6 is 0 Å². The minimum absolute atomic E-state index is 0.0390. The highest BCUT2D eigenvalue weighted by molar-refractivity contribution is 5.93. The standard InChI is InChI=1S/C19H23N6O3/c1-4-25-16(13-5-7-23(2)8-6-13)20-14-17(24-9-11-28-12-10-24)21-15(19(26)27-3)22-18(14)25/h5-8H,4,9-12H2,1-3H3/q+1. The molecule has 0 bridgehead atoms. The van der Waals surface area contributed by atoms with Gasteiger partial charge in [0, 0.05) is 37.3 Å². The molecule has 9 heteroatoms. The molecule has 3 aromatic heterocycles. The summed E-state index contributed by atoms with van der Waals surface area (Å²) in [6.45, 7) is 5.27. The Kier molecular flexibility index (Phi) is 4.91. The number of ether oxygens (including phenoxy) is 2. The molecule has 0 radical (unpaired) electrons. The molecule has 0 aliphatic carbocycles. The molecular weight excluding hydrogens is 360 g/mol. The number of carbonyl (C=O) groups is 1. The van der Waals surface area contributed by atoms with Crippen molar-refractivity contribution in [2.45, 2.75) is 13.5 Å². The van der Waals surface area contributed by atoms with Gasteiger partial charge in [-0.15, -0.1) is 0 Å². The molecule has 1 aliphatic heterocycles. The zero-order valence-corrected chi connectivity index (χ0v) is 16.3. The first-order valence-electron chi connectivity index (χ1n) is 9.27. The molecule has 1 saturated heterocycles. The molecule has 1 fully saturated rings. The monoisotopic (exact) mass is 383 g/mol. The quantitative estimate of drug-likeness (QED) is 0.490. The maximum atomic E-state index is 12.2. The Labute approximate surface area is 162 Å². The van der Waals surface area contributed by atoms with Crippen LogP contribution in [0.2, 0.25) is 0 Å². The number of carbonyl (C=O) groups excluding carboxylic acids is 1. The highest BCUT2D eigenvalue weighted by Crippen LogP contribution is 2.29. The van der Waals surface area contributed by atoms with Gasteiger partial charge in [-0.25, -0.2) is 24.3 Å². The highest BCUT2D eigenvalue weighted by Gasteiger charge is 2.25. The molecule has 0 amide bonds. The molecule has 4 rings (SSSR count). The van der Waals surface area contributed by atoms with Crippen LogP contribution in [0.4, 0.5) is 5.82 Å². The van der Waals surface area contributed by atoms with Crippen LogP contribution in [0.25, 0.3) is 22.6 Å². The number of rotatable bonds is 4. The molecular formula is C19H23N6O3+. The van der Waals surface area contributed by atoms with Gasteiger partial charge in [0.1, 0.15) is 12.9 Å². The van der Waals surface area contributed by atoms with E-state index in [1.54, 1.807) is 0 Å². The van der Waals surface area contributed by atoms with Crippen LogP contribution in [0.3, 0.4) is 0 Å². The summed E-state index contributed by atoms with van der Waals surface area (Å²) in [7, 11) is 3.30. The van der Waals surface area contributed by atoms with Crippen molar-refractivity contribution in [3.63, 3.8) is 0 Å². The minimum Gasteiger partial charge on any atom is -0.463 e. The maximum absolute atomic E-state index is 12.2. The number of imidazole rings is 1. The lowest BCUT2D eigenvalue weighted by Gasteiger charge is -2.27. The van der Waals surface area contributed by atoms with Gasteiger partial charge in [-0.1, -0.05) is 0 Å². The van der Waals surface area contributed by atoms with Crippen LogP contribution in [0.5, 0.6) is 0 Å². The molecule has 3 aromatic rings. The predicted molar refractivity (Wildman–Crippen MR) is 102 cm³/mol. The third-order valence-electron chi connectivity index (χ3n) is 4.81. The lowest BCUT2D eigenvalue weighted by Crippen LogP contribution is -2.37. The number of morpholine rings is 1. The van der Waals surface area contributed by atoms with Crippen LogP contribution in [-0.4, -0.2) is 58.9 Å². The highest BCUT2D eigenvalue weighted by atomic mass is 16.5. The summed E-state index contributed by atoms with van der Waals surface area (Å²) >= 11 is 0. The summed E-state index contributed by atoms with van der Waals surface area (Å²) in [5, 5.41) is 0. The molecule has 0 N–H and O–H groups in total. The van der Waals surface area contributed by atoms with Crippen LogP contribution in [-0.2, 0) is 23.1 Å². The molecule has 4 heterocycles. The van der Waals surface area contributed by atoms with E-state index in [0.29, 0.717) is 49.8 Å². The molecule has 0 saturated carbocycles. The molecule has 0 atom stereocenters. The Morgan fingerprint density at radius 2 is 1.93 bits per heavy atom. The number of nitrogens with zero attached hydrogens (tertiary/aromatic N) is 6. The maximum Gasteiger partial charge on any atom is 0.376 e. The lowest BCUT2D eigenvalue weighted by atomic mass is 10.2. The van der Waals surface area contributed by atoms with Gasteiger partial charge < -0.3 is 18.9 Å². The molecule has 9 nitrogen and oxygen atoms in total. The van der Waals surface area contributed by atoms with Crippen LogP contribution in [0.15, 0.2) is 24.5 Å². The van der Waals surface area contributed by atoms with E-state index in [0.717, 1.165) is 11.4 Å². The van der Waals surface area contributed by atoms with Crippen molar-refractivity contribution in [2.75, 3.05) is 38.3 Å². The molecule has 0 aromatic carbocycles. The average Bonchev–Trinajstić information content (AvgIpc) is 3.12. The van der Waals surface area contributed by atoms with Gasteiger partial charge in [-0.2, -0.15) is 0 Å². The van der Waals surface area contributed by atoms with Gasteiger partial charge in [0.15, 0.2) is 29.4 Å². The molecule has 146 valence electrons. The average molecular weight is 383 g/mol. The minimum atomic E-state index is -0.562. The Morgan fingerprint density at radius 3 is 2.57 bits per heavy atom. The first-order valence-corrected chi connectivity index (χ1v) is 9.27. The van der Waals surface area contributed by atoms with E-state index < -0.39 is 5.97 Å². The zero-order chi connectivity index (χ0) is 19.7. The second-order valence-electron chi connectivity index (χ2n) is 6.57. The number of anilines is 1. The fraction of sp³-hybridized carbons (Fsp3) is 0.421. The fourth-order valence-corrected chi connectivity index (χ4v) is 3.33. The number of pyridine rings is 1. The van der Waals surface area contributed by atoms with E-state index in [1.165, 1.54) is 7.11 Å². The lowest BCUT2D eigenvalue weighted by molar-refractivity contribution is -0.671.